The number of hydrogen-bond acceptors (Lipinski definition) is 5. The minimum Gasteiger partial charge on any atom is -0.296 e. The van der Waals surface area contributed by atoms with Crippen LogP contribution in [0, 0.1) is 17.1 Å². The van der Waals surface area contributed by atoms with Crippen molar-refractivity contribution in [1.82, 2.24) is 24.1 Å². The van der Waals surface area contributed by atoms with E-state index in [0.29, 0.717) is 16.9 Å². The van der Waals surface area contributed by atoms with Crippen molar-refractivity contribution in [2.75, 3.05) is 0 Å². The molecule has 47 heavy (non-hydrogen) atoms. The SMILES string of the molecule is N#Cc1cc(-c2cn(C(c3ccccc3)(c3ccccc3)c3ccccc3)nc2-c2ccc(F)cc2)cn2c(-c3nccs3)cnc12. The Bertz CT molecular complexity index is 2260. The molecule has 8 aromatic rings. The van der Waals surface area contributed by atoms with Crippen LogP contribution in [0.15, 0.2) is 151 Å². The Morgan fingerprint density at radius 1 is 0.723 bits per heavy atom. The molecule has 224 valence electrons. The summed E-state index contributed by atoms with van der Waals surface area (Å²) in [6.45, 7) is 0. The third kappa shape index (κ3) is 4.73. The molecule has 0 aliphatic carbocycles. The van der Waals surface area contributed by atoms with Crippen molar-refractivity contribution in [3.63, 3.8) is 0 Å². The highest BCUT2D eigenvalue weighted by Gasteiger charge is 2.40. The van der Waals surface area contributed by atoms with E-state index in [1.54, 1.807) is 24.5 Å². The summed E-state index contributed by atoms with van der Waals surface area (Å²) in [4.78, 5) is 9.08. The van der Waals surface area contributed by atoms with E-state index in [2.05, 4.69) is 52.4 Å². The summed E-state index contributed by atoms with van der Waals surface area (Å²) in [5.41, 5.74) is 6.87. The maximum Gasteiger partial charge on any atom is 0.155 e. The van der Waals surface area contributed by atoms with Crippen LogP contribution < -0.4 is 0 Å². The summed E-state index contributed by atoms with van der Waals surface area (Å²) < 4.78 is 18.1. The van der Waals surface area contributed by atoms with Crippen molar-refractivity contribution in [2.45, 2.75) is 5.54 Å². The first-order valence-corrected chi connectivity index (χ1v) is 15.9. The van der Waals surface area contributed by atoms with Crippen molar-refractivity contribution in [3.05, 3.63) is 180 Å². The lowest BCUT2D eigenvalue weighted by Gasteiger charge is -2.36. The molecular weight excluding hydrogens is 604 g/mol. The number of nitrogens with zero attached hydrogens (tertiary/aromatic N) is 6. The first-order valence-electron chi connectivity index (χ1n) is 15.0. The fourth-order valence-corrected chi connectivity index (χ4v) is 6.98. The van der Waals surface area contributed by atoms with Gasteiger partial charge in [0.1, 0.15) is 33.8 Å². The van der Waals surface area contributed by atoms with Gasteiger partial charge in [0.15, 0.2) is 5.65 Å². The second kappa shape index (κ2) is 11.6. The minimum absolute atomic E-state index is 0.332. The molecule has 8 rings (SSSR count). The van der Waals surface area contributed by atoms with Gasteiger partial charge in [0.05, 0.1) is 11.8 Å². The molecule has 0 fully saturated rings. The Balaban J connectivity index is 1.47. The molecule has 4 heterocycles. The fraction of sp³-hybridized carbons (Fsp3) is 0.0256. The van der Waals surface area contributed by atoms with E-state index < -0.39 is 5.54 Å². The van der Waals surface area contributed by atoms with Gasteiger partial charge >= 0.3 is 0 Å². The zero-order valence-electron chi connectivity index (χ0n) is 24.9. The normalized spacial score (nSPS) is 11.5. The van der Waals surface area contributed by atoms with Gasteiger partial charge in [-0.05, 0) is 47.0 Å². The van der Waals surface area contributed by atoms with Crippen LogP contribution in [-0.2, 0) is 5.54 Å². The lowest BCUT2D eigenvalue weighted by molar-refractivity contribution is 0.461. The summed E-state index contributed by atoms with van der Waals surface area (Å²) in [6.07, 6.45) is 7.51. The number of thiazole rings is 1. The maximum atomic E-state index is 14.2. The molecule has 0 radical (unpaired) electrons. The molecule has 0 spiro atoms. The monoisotopic (exact) mass is 628 g/mol. The van der Waals surface area contributed by atoms with Gasteiger partial charge in [0.25, 0.3) is 0 Å². The molecule has 0 saturated carbocycles. The molecule has 0 atom stereocenters. The standard InChI is InChI=1S/C39H25FN6S/c40-33-18-16-27(17-19-33)36-34(29-22-28(23-41)37-43-24-35(45(37)25-29)38-42-20-21-47-38)26-46(44-36)39(30-10-4-1-5-11-30,31-12-6-2-7-13-31)32-14-8-3-9-15-32/h1-22,24-26H. The summed E-state index contributed by atoms with van der Waals surface area (Å²) in [5.74, 6) is -0.332. The molecule has 0 unspecified atom stereocenters. The number of aromatic nitrogens is 5. The van der Waals surface area contributed by atoms with Crippen LogP contribution in [0.4, 0.5) is 4.39 Å². The number of benzene rings is 4. The molecule has 8 heteroatoms. The van der Waals surface area contributed by atoms with Gasteiger partial charge in [0, 0.05) is 40.7 Å². The van der Waals surface area contributed by atoms with Crippen LogP contribution in [-0.4, -0.2) is 24.1 Å². The highest BCUT2D eigenvalue weighted by atomic mass is 32.1. The van der Waals surface area contributed by atoms with Gasteiger partial charge < -0.3 is 0 Å². The number of pyridine rings is 1. The van der Waals surface area contributed by atoms with Crippen molar-refractivity contribution < 1.29 is 4.39 Å². The molecule has 0 bridgehead atoms. The smallest absolute Gasteiger partial charge is 0.155 e. The van der Waals surface area contributed by atoms with Crippen LogP contribution in [0.3, 0.4) is 0 Å². The molecule has 0 N–H and O–H groups in total. The summed E-state index contributed by atoms with van der Waals surface area (Å²) in [6, 6.07) is 41.5. The van der Waals surface area contributed by atoms with Crippen LogP contribution in [0.25, 0.3) is 38.7 Å². The second-order valence-electron chi connectivity index (χ2n) is 11.1. The first kappa shape index (κ1) is 28.3. The van der Waals surface area contributed by atoms with Gasteiger partial charge in [-0.3, -0.25) is 9.08 Å². The van der Waals surface area contributed by atoms with Crippen LogP contribution in [0.2, 0.25) is 0 Å². The van der Waals surface area contributed by atoms with Crippen molar-refractivity contribution in [1.29, 1.82) is 5.26 Å². The Hall–Kier alpha value is -6.17. The van der Waals surface area contributed by atoms with E-state index in [1.807, 2.05) is 87.5 Å². The topological polar surface area (TPSA) is 71.8 Å². The number of hydrogen-bond donors (Lipinski definition) is 0. The molecule has 6 nitrogen and oxygen atoms in total. The second-order valence-corrected chi connectivity index (χ2v) is 12.0. The predicted molar refractivity (Wildman–Crippen MR) is 182 cm³/mol. The Morgan fingerprint density at radius 3 is 1.89 bits per heavy atom. The minimum atomic E-state index is -0.875. The Labute approximate surface area is 274 Å². The van der Waals surface area contributed by atoms with Gasteiger partial charge in [-0.15, -0.1) is 11.3 Å². The van der Waals surface area contributed by atoms with Crippen molar-refractivity contribution in [2.24, 2.45) is 0 Å². The summed E-state index contributed by atoms with van der Waals surface area (Å²) >= 11 is 1.51. The number of imidazole rings is 1. The first-order chi connectivity index (χ1) is 23.2. The van der Waals surface area contributed by atoms with Gasteiger partial charge in [-0.25, -0.2) is 14.4 Å². The molecule has 4 aromatic heterocycles. The lowest BCUT2D eigenvalue weighted by Crippen LogP contribution is -2.38. The Kier molecular flexibility index (Phi) is 7.01. The molecular formula is C39H25FN6S. The predicted octanol–water partition coefficient (Wildman–Crippen LogP) is 8.84. The van der Waals surface area contributed by atoms with E-state index in [-0.39, 0.29) is 5.82 Å². The Morgan fingerprint density at radius 2 is 1.34 bits per heavy atom. The number of rotatable bonds is 7. The van der Waals surface area contributed by atoms with E-state index in [4.69, 9.17) is 5.10 Å². The van der Waals surface area contributed by atoms with Crippen LogP contribution >= 0.6 is 11.3 Å². The van der Waals surface area contributed by atoms with Gasteiger partial charge in [-0.1, -0.05) is 91.0 Å². The average molecular weight is 629 g/mol. The maximum absolute atomic E-state index is 14.2. The zero-order valence-corrected chi connectivity index (χ0v) is 25.7. The fourth-order valence-electron chi connectivity index (χ4n) is 6.34. The van der Waals surface area contributed by atoms with Crippen molar-refractivity contribution >= 4 is 17.0 Å². The third-order valence-electron chi connectivity index (χ3n) is 8.44. The molecule has 0 amide bonds. The molecule has 0 saturated heterocycles. The molecule has 0 aliphatic rings. The molecule has 0 aliphatic heterocycles. The highest BCUT2D eigenvalue weighted by Crippen LogP contribution is 2.43. The van der Waals surface area contributed by atoms with E-state index in [1.165, 1.54) is 23.5 Å². The van der Waals surface area contributed by atoms with Crippen molar-refractivity contribution in [3.8, 4) is 39.2 Å². The number of halogens is 1. The average Bonchev–Trinajstić information content (AvgIpc) is 3.91. The molecule has 4 aromatic carbocycles. The van der Waals surface area contributed by atoms with E-state index >= 15 is 0 Å². The van der Waals surface area contributed by atoms with E-state index in [0.717, 1.165) is 44.1 Å². The van der Waals surface area contributed by atoms with Crippen LogP contribution in [0.1, 0.15) is 22.3 Å². The van der Waals surface area contributed by atoms with E-state index in [9.17, 15) is 9.65 Å². The van der Waals surface area contributed by atoms with Gasteiger partial charge in [0.2, 0.25) is 0 Å². The van der Waals surface area contributed by atoms with Crippen LogP contribution in [0.5, 0.6) is 0 Å². The largest absolute Gasteiger partial charge is 0.296 e. The number of nitriles is 1. The summed E-state index contributed by atoms with van der Waals surface area (Å²) in [5, 5.41) is 18.3. The quantitative estimate of drug-likeness (QED) is 0.165. The van der Waals surface area contributed by atoms with Gasteiger partial charge in [-0.2, -0.15) is 10.4 Å². The number of fused-ring (bicyclic) bond motifs is 1. The lowest BCUT2D eigenvalue weighted by atomic mass is 9.77. The zero-order chi connectivity index (χ0) is 31.8. The summed E-state index contributed by atoms with van der Waals surface area (Å²) in [7, 11) is 0. The highest BCUT2D eigenvalue weighted by molar-refractivity contribution is 7.13. The third-order valence-corrected chi connectivity index (χ3v) is 9.23.